The van der Waals surface area contributed by atoms with E-state index in [2.05, 4.69) is 11.4 Å². The quantitative estimate of drug-likeness (QED) is 0.802. The summed E-state index contributed by atoms with van der Waals surface area (Å²) in [4.78, 5) is 0. The lowest BCUT2D eigenvalue weighted by Crippen LogP contribution is -2.16. The first-order chi connectivity index (χ1) is 7.31. The monoisotopic (exact) mass is 204 g/mol. The van der Waals surface area contributed by atoms with Gasteiger partial charge in [-0.2, -0.15) is 5.26 Å². The van der Waals surface area contributed by atoms with Crippen molar-refractivity contribution in [1.82, 2.24) is 0 Å². The third-order valence-electron chi connectivity index (χ3n) is 2.08. The van der Waals surface area contributed by atoms with Crippen LogP contribution in [0, 0.1) is 11.3 Å². The second kappa shape index (κ2) is 5.92. The standard InChI is InChI=1S/C12H16N2O/c1-3-10(9-13)14-11-7-5-6-8-12(11)15-4-2/h5-8,10,14H,3-4H2,1-2H3. The molecular weight excluding hydrogens is 188 g/mol. The molecule has 1 aromatic rings. The Balaban J connectivity index is 2.79. The first-order valence-electron chi connectivity index (χ1n) is 5.19. The summed E-state index contributed by atoms with van der Waals surface area (Å²) in [7, 11) is 0. The number of rotatable bonds is 5. The van der Waals surface area contributed by atoms with Crippen LogP contribution in [0.15, 0.2) is 24.3 Å². The van der Waals surface area contributed by atoms with Crippen molar-refractivity contribution in [3.8, 4) is 11.8 Å². The molecular formula is C12H16N2O. The molecule has 3 nitrogen and oxygen atoms in total. The molecule has 0 heterocycles. The maximum absolute atomic E-state index is 8.85. The van der Waals surface area contributed by atoms with Crippen LogP contribution in [0.2, 0.25) is 0 Å². The predicted molar refractivity (Wildman–Crippen MR) is 60.9 cm³/mol. The van der Waals surface area contributed by atoms with Gasteiger partial charge in [-0.25, -0.2) is 0 Å². The third-order valence-corrected chi connectivity index (χ3v) is 2.08. The van der Waals surface area contributed by atoms with Gasteiger partial charge in [0.05, 0.1) is 18.4 Å². The van der Waals surface area contributed by atoms with Crippen molar-refractivity contribution < 1.29 is 4.74 Å². The van der Waals surface area contributed by atoms with E-state index in [1.165, 1.54) is 0 Å². The van der Waals surface area contributed by atoms with Crippen LogP contribution in [0.4, 0.5) is 5.69 Å². The van der Waals surface area contributed by atoms with Crippen molar-refractivity contribution in [1.29, 1.82) is 5.26 Å². The van der Waals surface area contributed by atoms with Crippen molar-refractivity contribution in [3.63, 3.8) is 0 Å². The van der Waals surface area contributed by atoms with E-state index < -0.39 is 0 Å². The van der Waals surface area contributed by atoms with Crippen LogP contribution in [0.25, 0.3) is 0 Å². The zero-order valence-electron chi connectivity index (χ0n) is 9.16. The number of nitrogens with zero attached hydrogens (tertiary/aromatic N) is 1. The molecule has 0 fully saturated rings. The average Bonchev–Trinajstić information content (AvgIpc) is 2.28. The van der Waals surface area contributed by atoms with Gasteiger partial charge in [-0.05, 0) is 25.5 Å². The van der Waals surface area contributed by atoms with E-state index in [1.54, 1.807) is 0 Å². The van der Waals surface area contributed by atoms with Gasteiger partial charge >= 0.3 is 0 Å². The van der Waals surface area contributed by atoms with Crippen LogP contribution in [0.5, 0.6) is 5.75 Å². The Labute approximate surface area is 90.7 Å². The van der Waals surface area contributed by atoms with E-state index in [0.717, 1.165) is 17.9 Å². The lowest BCUT2D eigenvalue weighted by atomic mass is 10.2. The minimum Gasteiger partial charge on any atom is -0.492 e. The SMILES string of the molecule is CCOc1ccccc1NC(C#N)CC. The zero-order chi connectivity index (χ0) is 11.1. The van der Waals surface area contributed by atoms with E-state index in [9.17, 15) is 0 Å². The highest BCUT2D eigenvalue weighted by Gasteiger charge is 2.07. The Hall–Kier alpha value is -1.69. The van der Waals surface area contributed by atoms with Crippen LogP contribution >= 0.6 is 0 Å². The largest absolute Gasteiger partial charge is 0.492 e. The second-order valence-electron chi connectivity index (χ2n) is 3.16. The number of ether oxygens (including phenoxy) is 1. The molecule has 1 atom stereocenters. The summed E-state index contributed by atoms with van der Waals surface area (Å²) in [5, 5.41) is 12.0. The Kier molecular flexibility index (Phi) is 4.49. The third kappa shape index (κ3) is 3.17. The van der Waals surface area contributed by atoms with Gasteiger partial charge in [0.1, 0.15) is 11.8 Å². The molecule has 0 amide bonds. The Morgan fingerprint density at radius 1 is 1.40 bits per heavy atom. The second-order valence-corrected chi connectivity index (χ2v) is 3.16. The van der Waals surface area contributed by atoms with Crippen molar-refractivity contribution in [2.24, 2.45) is 0 Å². The Morgan fingerprint density at radius 2 is 2.13 bits per heavy atom. The summed E-state index contributed by atoms with van der Waals surface area (Å²) < 4.78 is 5.45. The number of nitrogens with one attached hydrogen (secondary N) is 1. The lowest BCUT2D eigenvalue weighted by molar-refractivity contribution is 0.341. The number of para-hydroxylation sites is 2. The summed E-state index contributed by atoms with van der Waals surface area (Å²) in [6.07, 6.45) is 0.775. The summed E-state index contributed by atoms with van der Waals surface area (Å²) in [5.74, 6) is 0.800. The molecule has 0 bridgehead atoms. The van der Waals surface area contributed by atoms with E-state index in [4.69, 9.17) is 10.00 Å². The summed E-state index contributed by atoms with van der Waals surface area (Å²) >= 11 is 0. The fraction of sp³-hybridized carbons (Fsp3) is 0.417. The Bertz CT molecular complexity index is 344. The molecule has 1 aromatic carbocycles. The minimum absolute atomic E-state index is 0.161. The molecule has 0 spiro atoms. The summed E-state index contributed by atoms with van der Waals surface area (Å²) in [5.41, 5.74) is 0.882. The van der Waals surface area contributed by atoms with Crippen LogP contribution in [0.1, 0.15) is 20.3 Å². The molecule has 0 aromatic heterocycles. The molecule has 3 heteroatoms. The number of benzene rings is 1. The van der Waals surface area contributed by atoms with Crippen LogP contribution in [-0.4, -0.2) is 12.6 Å². The first kappa shape index (κ1) is 11.4. The van der Waals surface area contributed by atoms with Crippen LogP contribution in [-0.2, 0) is 0 Å². The molecule has 0 aliphatic carbocycles. The minimum atomic E-state index is -0.161. The molecule has 15 heavy (non-hydrogen) atoms. The number of hydrogen-bond donors (Lipinski definition) is 1. The molecule has 0 saturated carbocycles. The fourth-order valence-corrected chi connectivity index (χ4v) is 1.28. The van der Waals surface area contributed by atoms with Crippen molar-refractivity contribution in [2.45, 2.75) is 26.3 Å². The lowest BCUT2D eigenvalue weighted by Gasteiger charge is -2.14. The van der Waals surface area contributed by atoms with Crippen molar-refractivity contribution >= 4 is 5.69 Å². The fourth-order valence-electron chi connectivity index (χ4n) is 1.28. The van der Waals surface area contributed by atoms with E-state index in [-0.39, 0.29) is 6.04 Å². The summed E-state index contributed by atoms with van der Waals surface area (Å²) in [6.45, 7) is 4.55. The number of hydrogen-bond acceptors (Lipinski definition) is 3. The van der Waals surface area contributed by atoms with E-state index >= 15 is 0 Å². The molecule has 80 valence electrons. The Morgan fingerprint density at radius 3 is 2.73 bits per heavy atom. The predicted octanol–water partition coefficient (Wildman–Crippen LogP) is 2.80. The normalized spacial score (nSPS) is 11.5. The van der Waals surface area contributed by atoms with Gasteiger partial charge in [-0.1, -0.05) is 19.1 Å². The van der Waals surface area contributed by atoms with E-state index in [0.29, 0.717) is 6.61 Å². The highest BCUT2D eigenvalue weighted by Crippen LogP contribution is 2.24. The molecule has 0 radical (unpaired) electrons. The smallest absolute Gasteiger partial charge is 0.142 e. The summed E-state index contributed by atoms with van der Waals surface area (Å²) in [6, 6.07) is 9.71. The number of anilines is 1. The van der Waals surface area contributed by atoms with Crippen LogP contribution < -0.4 is 10.1 Å². The maximum Gasteiger partial charge on any atom is 0.142 e. The maximum atomic E-state index is 8.85. The van der Waals surface area contributed by atoms with Gasteiger partial charge in [0, 0.05) is 0 Å². The zero-order valence-corrected chi connectivity index (χ0v) is 9.16. The van der Waals surface area contributed by atoms with Gasteiger partial charge in [0.15, 0.2) is 0 Å². The topological polar surface area (TPSA) is 45.0 Å². The van der Waals surface area contributed by atoms with Gasteiger partial charge in [0.2, 0.25) is 0 Å². The van der Waals surface area contributed by atoms with Gasteiger partial charge < -0.3 is 10.1 Å². The van der Waals surface area contributed by atoms with E-state index in [1.807, 2.05) is 38.1 Å². The molecule has 0 saturated heterocycles. The highest BCUT2D eigenvalue weighted by molar-refractivity contribution is 5.57. The number of nitriles is 1. The highest BCUT2D eigenvalue weighted by atomic mass is 16.5. The molecule has 1 unspecified atom stereocenters. The van der Waals surface area contributed by atoms with Crippen molar-refractivity contribution in [3.05, 3.63) is 24.3 Å². The van der Waals surface area contributed by atoms with Gasteiger partial charge in [0.25, 0.3) is 0 Å². The van der Waals surface area contributed by atoms with Gasteiger partial charge in [-0.3, -0.25) is 0 Å². The van der Waals surface area contributed by atoms with Gasteiger partial charge in [-0.15, -0.1) is 0 Å². The molecule has 1 N–H and O–H groups in total. The van der Waals surface area contributed by atoms with Crippen molar-refractivity contribution in [2.75, 3.05) is 11.9 Å². The van der Waals surface area contributed by atoms with Crippen LogP contribution in [0.3, 0.4) is 0 Å². The molecule has 0 aliphatic heterocycles. The molecule has 1 rings (SSSR count). The first-order valence-corrected chi connectivity index (χ1v) is 5.19. The molecule has 0 aliphatic rings. The average molecular weight is 204 g/mol.